The number of fused-ring (bicyclic) bond motifs is 1. The van der Waals surface area contributed by atoms with Crippen LogP contribution in [0.15, 0.2) is 53.4 Å². The van der Waals surface area contributed by atoms with Crippen molar-refractivity contribution in [3.63, 3.8) is 0 Å². The summed E-state index contributed by atoms with van der Waals surface area (Å²) in [6.45, 7) is 0.489. The molecule has 6 nitrogen and oxygen atoms in total. The van der Waals surface area contributed by atoms with E-state index in [1.54, 1.807) is 29.2 Å². The second kappa shape index (κ2) is 7.05. The maximum absolute atomic E-state index is 13.3. The van der Waals surface area contributed by atoms with E-state index in [2.05, 4.69) is 31.3 Å². The molecule has 0 bridgehead atoms. The van der Waals surface area contributed by atoms with E-state index in [1.807, 2.05) is 30.3 Å². The van der Waals surface area contributed by atoms with E-state index in [0.717, 1.165) is 39.3 Å². The Morgan fingerprint density at radius 3 is 2.60 bits per heavy atom. The molecule has 5 rings (SSSR count). The summed E-state index contributed by atoms with van der Waals surface area (Å²) in [5.41, 5.74) is 2.06. The monoisotopic (exact) mass is 467 g/mol. The highest BCUT2D eigenvalue weighted by molar-refractivity contribution is 9.10. The van der Waals surface area contributed by atoms with Gasteiger partial charge in [-0.1, -0.05) is 6.07 Å². The number of nitrogens with zero attached hydrogens (tertiary/aromatic N) is 4. The molecule has 0 unspecified atom stereocenters. The van der Waals surface area contributed by atoms with Crippen molar-refractivity contribution < 1.29 is 9.18 Å². The highest BCUT2D eigenvalue weighted by atomic mass is 79.9. The Kier molecular flexibility index (Phi) is 4.47. The molecule has 1 aromatic carbocycles. The smallest absolute Gasteiger partial charge is 0.250 e. The molecular formula is C22H19BrFN5O. The molecule has 1 saturated carbocycles. The number of nitrogens with one attached hydrogen (secondary N) is 1. The average molecular weight is 468 g/mol. The molecule has 0 radical (unpaired) electrons. The molecule has 30 heavy (non-hydrogen) atoms. The highest BCUT2D eigenvalue weighted by Crippen LogP contribution is 2.45. The van der Waals surface area contributed by atoms with Crippen LogP contribution in [-0.4, -0.2) is 39.2 Å². The quantitative estimate of drug-likeness (QED) is 0.594. The number of carbonyl (C=O) groups excluding carboxylic acids is 1. The minimum Gasteiger partial charge on any atom is -0.374 e. The number of aromatic nitrogens is 3. The van der Waals surface area contributed by atoms with Crippen molar-refractivity contribution in [1.29, 1.82) is 0 Å². The van der Waals surface area contributed by atoms with E-state index in [9.17, 15) is 9.18 Å². The van der Waals surface area contributed by atoms with Gasteiger partial charge in [0.15, 0.2) is 0 Å². The maximum Gasteiger partial charge on any atom is 0.250 e. The number of carbonyl (C=O) groups is 1. The Morgan fingerprint density at radius 2 is 1.93 bits per heavy atom. The summed E-state index contributed by atoms with van der Waals surface area (Å²) >= 11 is 3.35. The fourth-order valence-corrected chi connectivity index (χ4v) is 4.08. The van der Waals surface area contributed by atoms with Gasteiger partial charge in [-0.15, -0.1) is 0 Å². The van der Waals surface area contributed by atoms with Crippen molar-refractivity contribution in [2.75, 3.05) is 13.6 Å². The summed E-state index contributed by atoms with van der Waals surface area (Å²) in [4.78, 5) is 19.5. The van der Waals surface area contributed by atoms with Gasteiger partial charge < -0.3 is 10.2 Å². The Labute approximate surface area is 180 Å². The third-order valence-corrected chi connectivity index (χ3v) is 6.08. The molecule has 0 atom stereocenters. The maximum atomic E-state index is 13.3. The van der Waals surface area contributed by atoms with Crippen LogP contribution in [0, 0.1) is 5.82 Å². The molecule has 1 aliphatic heterocycles. The van der Waals surface area contributed by atoms with Gasteiger partial charge in [-0.3, -0.25) is 4.79 Å². The summed E-state index contributed by atoms with van der Waals surface area (Å²) in [6, 6.07) is 10.0. The minimum atomic E-state index is -0.357. The van der Waals surface area contributed by atoms with E-state index in [4.69, 9.17) is 0 Å². The van der Waals surface area contributed by atoms with Crippen LogP contribution >= 0.6 is 15.9 Å². The molecular weight excluding hydrogens is 449 g/mol. The van der Waals surface area contributed by atoms with Crippen LogP contribution < -0.4 is 15.9 Å². The van der Waals surface area contributed by atoms with Crippen LogP contribution in [0.3, 0.4) is 0 Å². The van der Waals surface area contributed by atoms with Gasteiger partial charge in [-0.2, -0.15) is 5.10 Å². The average Bonchev–Trinajstić information content (AvgIpc) is 3.39. The second-order valence-corrected chi connectivity index (χ2v) is 8.57. The number of hydrogen-bond acceptors (Lipinski definition) is 4. The van der Waals surface area contributed by atoms with Gasteiger partial charge in [0.1, 0.15) is 10.4 Å². The van der Waals surface area contributed by atoms with E-state index in [0.29, 0.717) is 12.1 Å². The standard InChI is InChI=1S/C22H19BrFN5O/c1-28-12-18(21(30)27-22(8-9-22)14-2-7-20(23)25-10-14)17-11-26-29(19(17)13-28)16-5-3-15(24)4-6-16/h2-7,10-11,13H,8-9,12H2,1H3,(H,27,30). The summed E-state index contributed by atoms with van der Waals surface area (Å²) in [5, 5.41) is 9.29. The van der Waals surface area contributed by atoms with Crippen LogP contribution in [0.25, 0.3) is 17.5 Å². The van der Waals surface area contributed by atoms with Gasteiger partial charge in [-0.25, -0.2) is 14.1 Å². The molecule has 1 aliphatic carbocycles. The van der Waals surface area contributed by atoms with Crippen molar-refractivity contribution in [2.24, 2.45) is 0 Å². The van der Waals surface area contributed by atoms with Crippen LogP contribution in [0.1, 0.15) is 18.4 Å². The Balaban J connectivity index is 1.52. The first-order valence-corrected chi connectivity index (χ1v) is 10.4. The van der Waals surface area contributed by atoms with Crippen molar-refractivity contribution in [2.45, 2.75) is 18.4 Å². The second-order valence-electron chi connectivity index (χ2n) is 7.76. The largest absolute Gasteiger partial charge is 0.374 e. The van der Waals surface area contributed by atoms with Gasteiger partial charge >= 0.3 is 0 Å². The Hall–Kier alpha value is -3.00. The lowest BCUT2D eigenvalue weighted by Gasteiger charge is -2.23. The fourth-order valence-electron chi connectivity index (χ4n) is 3.85. The zero-order valence-electron chi connectivity index (χ0n) is 16.3. The number of hydrogen-bond donors (Lipinski definition) is 1. The highest BCUT2D eigenvalue weighted by Gasteiger charge is 2.46. The minimum absolute atomic E-state index is 0.102. The van der Waals surface area contributed by atoms with E-state index >= 15 is 0 Å². The van der Waals surface area contributed by atoms with Gasteiger partial charge in [0.2, 0.25) is 5.91 Å². The molecule has 1 fully saturated rings. The first-order valence-electron chi connectivity index (χ1n) is 9.65. The molecule has 152 valence electrons. The first-order chi connectivity index (χ1) is 14.4. The van der Waals surface area contributed by atoms with Gasteiger partial charge in [0, 0.05) is 36.8 Å². The van der Waals surface area contributed by atoms with Crippen molar-refractivity contribution in [1.82, 2.24) is 25.0 Å². The van der Waals surface area contributed by atoms with Crippen LogP contribution in [0.5, 0.6) is 0 Å². The van der Waals surface area contributed by atoms with E-state index in [1.165, 1.54) is 12.1 Å². The summed E-state index contributed by atoms with van der Waals surface area (Å²) in [5.74, 6) is -0.403. The third kappa shape index (κ3) is 3.31. The third-order valence-electron chi connectivity index (χ3n) is 5.61. The number of rotatable bonds is 4. The van der Waals surface area contributed by atoms with Gasteiger partial charge in [0.05, 0.1) is 22.8 Å². The van der Waals surface area contributed by atoms with E-state index < -0.39 is 0 Å². The van der Waals surface area contributed by atoms with Crippen molar-refractivity contribution in [3.8, 4) is 5.69 Å². The molecule has 0 saturated heterocycles. The zero-order valence-corrected chi connectivity index (χ0v) is 17.9. The summed E-state index contributed by atoms with van der Waals surface area (Å²) in [7, 11) is 1.92. The molecule has 2 aromatic heterocycles. The lowest BCUT2D eigenvalue weighted by Crippen LogP contribution is -2.45. The molecule has 1 N–H and O–H groups in total. The first kappa shape index (κ1) is 19.0. The summed E-state index contributed by atoms with van der Waals surface area (Å²) in [6.07, 6.45) is 7.24. The fraction of sp³-hybridized carbons (Fsp3) is 0.227. The molecule has 1 amide bonds. The van der Waals surface area contributed by atoms with Crippen LogP contribution in [0.4, 0.5) is 4.39 Å². The van der Waals surface area contributed by atoms with Crippen LogP contribution in [-0.2, 0) is 10.3 Å². The van der Waals surface area contributed by atoms with E-state index in [-0.39, 0.29) is 17.3 Å². The van der Waals surface area contributed by atoms with Crippen molar-refractivity contribution >= 4 is 33.6 Å². The summed E-state index contributed by atoms with van der Waals surface area (Å²) < 4.78 is 15.8. The van der Waals surface area contributed by atoms with Gasteiger partial charge in [-0.05, 0) is 64.7 Å². The lowest BCUT2D eigenvalue weighted by atomic mass is 10.1. The number of benzene rings is 1. The lowest BCUT2D eigenvalue weighted by molar-refractivity contribution is -0.116. The number of pyridine rings is 1. The topological polar surface area (TPSA) is 63.1 Å². The SMILES string of the molecule is CN1C=c2c(cnn2-c2ccc(F)cc2)=C(C(=O)NC2(c3ccc(Br)nc3)CC2)C1. The predicted octanol–water partition coefficient (Wildman–Crippen LogP) is 1.81. The normalized spacial score (nSPS) is 16.6. The number of halogens is 2. The zero-order chi connectivity index (χ0) is 20.9. The molecule has 2 aliphatic rings. The van der Waals surface area contributed by atoms with Crippen LogP contribution in [0.2, 0.25) is 0 Å². The Bertz CT molecular complexity index is 1250. The predicted molar refractivity (Wildman–Crippen MR) is 114 cm³/mol. The molecule has 8 heteroatoms. The Morgan fingerprint density at radius 1 is 1.17 bits per heavy atom. The molecule has 0 spiro atoms. The van der Waals surface area contributed by atoms with Gasteiger partial charge in [0.25, 0.3) is 0 Å². The molecule has 3 aromatic rings. The van der Waals surface area contributed by atoms with Crippen molar-refractivity contribution in [3.05, 3.63) is 75.3 Å². The molecule has 3 heterocycles. The number of amides is 1.